The number of ether oxygens (including phenoxy) is 1. The lowest BCUT2D eigenvalue weighted by Crippen LogP contribution is -2.60. The van der Waals surface area contributed by atoms with Gasteiger partial charge in [-0.3, -0.25) is 14.5 Å². The molecule has 0 radical (unpaired) electrons. The largest absolute Gasteiger partial charge is 0.381 e. The Morgan fingerprint density at radius 3 is 2.36 bits per heavy atom. The minimum Gasteiger partial charge on any atom is -0.381 e. The Morgan fingerprint density at radius 2 is 1.76 bits per heavy atom. The second kappa shape index (κ2) is 9.50. The van der Waals surface area contributed by atoms with Crippen molar-refractivity contribution in [3.05, 3.63) is 0 Å². The second-order valence-electron chi connectivity index (χ2n) is 7.65. The normalized spacial score (nSPS) is 22.4. The van der Waals surface area contributed by atoms with Crippen molar-refractivity contribution in [1.29, 1.82) is 0 Å². The van der Waals surface area contributed by atoms with E-state index in [9.17, 15) is 9.59 Å². The highest BCUT2D eigenvalue weighted by atomic mass is 16.5. The average Bonchev–Trinajstić information content (AvgIpc) is 2.65. The minimum absolute atomic E-state index is 0.00727. The maximum absolute atomic E-state index is 12.2. The van der Waals surface area contributed by atoms with Gasteiger partial charge in [-0.25, -0.2) is 0 Å². The molecule has 0 bridgehead atoms. The van der Waals surface area contributed by atoms with Gasteiger partial charge in [0.2, 0.25) is 11.8 Å². The van der Waals surface area contributed by atoms with Crippen molar-refractivity contribution >= 4 is 11.8 Å². The highest BCUT2D eigenvalue weighted by molar-refractivity contribution is 5.87. The summed E-state index contributed by atoms with van der Waals surface area (Å²) in [6.45, 7) is 8.03. The number of rotatable bonds is 7. The Hall–Kier alpha value is -1.18. The molecule has 2 heterocycles. The lowest BCUT2D eigenvalue weighted by molar-refractivity contribution is -0.128. The fraction of sp³-hybridized carbons (Fsp3) is 0.889. The number of likely N-dealkylation sites (tertiary alicyclic amines) is 1. The van der Waals surface area contributed by atoms with Gasteiger partial charge in [0.15, 0.2) is 0 Å². The molecule has 0 aliphatic carbocycles. The zero-order valence-corrected chi connectivity index (χ0v) is 15.7. The van der Waals surface area contributed by atoms with Gasteiger partial charge in [-0.2, -0.15) is 0 Å². The van der Waals surface area contributed by atoms with Crippen molar-refractivity contribution in [3.8, 4) is 0 Å². The van der Waals surface area contributed by atoms with Gasteiger partial charge >= 0.3 is 0 Å². The quantitative estimate of drug-likeness (QED) is 0.608. The predicted octanol–water partition coefficient (Wildman–Crippen LogP) is 0.237. The lowest BCUT2D eigenvalue weighted by Gasteiger charge is -2.48. The van der Waals surface area contributed by atoms with Crippen molar-refractivity contribution in [3.63, 3.8) is 0 Å². The van der Waals surface area contributed by atoms with E-state index in [-0.39, 0.29) is 29.8 Å². The number of piperidine rings is 1. The van der Waals surface area contributed by atoms with Crippen LogP contribution in [-0.2, 0) is 14.3 Å². The first-order valence-corrected chi connectivity index (χ1v) is 9.57. The van der Waals surface area contributed by atoms with Crippen LogP contribution in [0.3, 0.4) is 0 Å². The predicted molar refractivity (Wildman–Crippen MR) is 97.0 cm³/mol. The SMILES string of the molecule is CC(C)[C@H](N)C(=O)NCC(=O)NCC1(N2CCCCC2)CCOCC1. The van der Waals surface area contributed by atoms with Gasteiger partial charge in [-0.1, -0.05) is 20.3 Å². The maximum Gasteiger partial charge on any atom is 0.239 e. The number of amides is 2. The molecule has 2 fully saturated rings. The highest BCUT2D eigenvalue weighted by Crippen LogP contribution is 2.30. The Morgan fingerprint density at radius 1 is 1.12 bits per heavy atom. The van der Waals surface area contributed by atoms with Crippen LogP contribution in [0.2, 0.25) is 0 Å². The summed E-state index contributed by atoms with van der Waals surface area (Å²) in [5, 5.41) is 5.65. The van der Waals surface area contributed by atoms with Gasteiger partial charge in [0.1, 0.15) is 0 Å². The Kier molecular flexibility index (Phi) is 7.65. The molecule has 0 saturated carbocycles. The van der Waals surface area contributed by atoms with Crippen molar-refractivity contribution in [2.45, 2.75) is 57.5 Å². The summed E-state index contributed by atoms with van der Waals surface area (Å²) in [6.07, 6.45) is 5.62. The molecule has 2 amide bonds. The van der Waals surface area contributed by atoms with E-state index in [1.54, 1.807) is 0 Å². The molecule has 2 aliphatic heterocycles. The summed E-state index contributed by atoms with van der Waals surface area (Å²) in [7, 11) is 0. The first-order chi connectivity index (χ1) is 11.9. The van der Waals surface area contributed by atoms with Crippen molar-refractivity contribution < 1.29 is 14.3 Å². The van der Waals surface area contributed by atoms with Gasteiger partial charge in [0.05, 0.1) is 12.6 Å². The van der Waals surface area contributed by atoms with Crippen LogP contribution >= 0.6 is 0 Å². The van der Waals surface area contributed by atoms with Crippen molar-refractivity contribution in [1.82, 2.24) is 15.5 Å². The van der Waals surface area contributed by atoms with E-state index < -0.39 is 6.04 Å². The molecule has 25 heavy (non-hydrogen) atoms. The molecule has 2 aliphatic rings. The van der Waals surface area contributed by atoms with Crippen LogP contribution in [0.1, 0.15) is 46.0 Å². The number of nitrogens with zero attached hydrogens (tertiary/aromatic N) is 1. The summed E-state index contributed by atoms with van der Waals surface area (Å²) in [5.74, 6) is -0.387. The molecule has 7 heteroatoms. The molecular weight excluding hydrogens is 320 g/mol. The number of hydrogen-bond donors (Lipinski definition) is 3. The van der Waals surface area contributed by atoms with Crippen molar-refractivity contribution in [2.24, 2.45) is 11.7 Å². The average molecular weight is 354 g/mol. The van der Waals surface area contributed by atoms with Gasteiger partial charge in [-0.15, -0.1) is 0 Å². The highest BCUT2D eigenvalue weighted by Gasteiger charge is 2.39. The summed E-state index contributed by atoms with van der Waals surface area (Å²) in [6, 6.07) is -0.581. The molecule has 4 N–H and O–H groups in total. The molecule has 0 aromatic heterocycles. The molecule has 0 spiro atoms. The van der Waals surface area contributed by atoms with Crippen molar-refractivity contribution in [2.75, 3.05) is 39.4 Å². The molecule has 2 rings (SSSR count). The lowest BCUT2D eigenvalue weighted by atomic mass is 9.86. The Balaban J connectivity index is 1.83. The van der Waals surface area contributed by atoms with E-state index in [2.05, 4.69) is 15.5 Å². The van der Waals surface area contributed by atoms with E-state index in [0.717, 1.165) is 39.1 Å². The van der Waals surface area contributed by atoms with Crippen LogP contribution in [0.4, 0.5) is 0 Å². The second-order valence-corrected chi connectivity index (χ2v) is 7.65. The van der Waals surface area contributed by atoms with Gasteiger partial charge in [0, 0.05) is 25.3 Å². The number of carbonyl (C=O) groups is 2. The number of hydrogen-bond acceptors (Lipinski definition) is 5. The zero-order valence-electron chi connectivity index (χ0n) is 15.7. The fourth-order valence-corrected chi connectivity index (χ4v) is 3.64. The van der Waals surface area contributed by atoms with Crippen LogP contribution in [0, 0.1) is 5.92 Å². The van der Waals surface area contributed by atoms with Crippen LogP contribution < -0.4 is 16.4 Å². The van der Waals surface area contributed by atoms with Crippen LogP contribution in [0.5, 0.6) is 0 Å². The molecule has 0 aromatic carbocycles. The minimum atomic E-state index is -0.581. The van der Waals surface area contributed by atoms with Crippen LogP contribution in [-0.4, -0.2) is 67.7 Å². The Labute approximate surface area is 151 Å². The summed E-state index contributed by atoms with van der Waals surface area (Å²) >= 11 is 0. The number of carbonyl (C=O) groups excluding carboxylic acids is 2. The molecule has 2 saturated heterocycles. The third kappa shape index (κ3) is 5.66. The molecule has 144 valence electrons. The third-order valence-electron chi connectivity index (χ3n) is 5.51. The molecule has 7 nitrogen and oxygen atoms in total. The first kappa shape index (κ1) is 20.1. The van der Waals surface area contributed by atoms with Crippen LogP contribution in [0.25, 0.3) is 0 Å². The fourth-order valence-electron chi connectivity index (χ4n) is 3.64. The topological polar surface area (TPSA) is 96.7 Å². The van der Waals surface area contributed by atoms with E-state index in [1.807, 2.05) is 13.8 Å². The van der Waals surface area contributed by atoms with Gasteiger partial charge in [-0.05, 0) is 44.7 Å². The smallest absolute Gasteiger partial charge is 0.239 e. The molecular formula is C18H34N4O3. The van der Waals surface area contributed by atoms with E-state index in [0.29, 0.717) is 6.54 Å². The molecule has 0 unspecified atom stereocenters. The maximum atomic E-state index is 12.2. The number of nitrogens with two attached hydrogens (primary N) is 1. The monoisotopic (exact) mass is 354 g/mol. The Bertz CT molecular complexity index is 444. The number of nitrogens with one attached hydrogen (secondary N) is 2. The third-order valence-corrected chi connectivity index (χ3v) is 5.51. The zero-order chi connectivity index (χ0) is 18.3. The van der Waals surface area contributed by atoms with Gasteiger partial charge < -0.3 is 21.1 Å². The van der Waals surface area contributed by atoms with E-state index >= 15 is 0 Å². The van der Waals surface area contributed by atoms with E-state index in [4.69, 9.17) is 10.5 Å². The summed E-state index contributed by atoms with van der Waals surface area (Å²) in [5.41, 5.74) is 5.78. The first-order valence-electron chi connectivity index (χ1n) is 9.57. The molecule has 0 aromatic rings. The van der Waals surface area contributed by atoms with Crippen LogP contribution in [0.15, 0.2) is 0 Å². The standard InChI is InChI=1S/C18H34N4O3/c1-14(2)16(19)17(24)20-12-15(23)21-13-18(6-10-25-11-7-18)22-8-4-3-5-9-22/h14,16H,3-13,19H2,1-2H3,(H,20,24)(H,21,23)/t16-/m0/s1. The van der Waals surface area contributed by atoms with Gasteiger partial charge in [0.25, 0.3) is 0 Å². The van der Waals surface area contributed by atoms with E-state index in [1.165, 1.54) is 19.3 Å². The summed E-state index contributed by atoms with van der Waals surface area (Å²) in [4.78, 5) is 26.6. The molecule has 1 atom stereocenters. The summed E-state index contributed by atoms with van der Waals surface area (Å²) < 4.78 is 5.54.